The fourth-order valence-electron chi connectivity index (χ4n) is 2.72. The molecule has 0 radical (unpaired) electrons. The van der Waals surface area contributed by atoms with Gasteiger partial charge in [0.15, 0.2) is 0 Å². The van der Waals surface area contributed by atoms with Gasteiger partial charge in [0.2, 0.25) is 0 Å². The largest absolute Gasteiger partial charge is 0.384 e. The van der Waals surface area contributed by atoms with Gasteiger partial charge in [0.25, 0.3) is 0 Å². The highest BCUT2D eigenvalue weighted by molar-refractivity contribution is 5.39. The Morgan fingerprint density at radius 1 is 1.44 bits per heavy atom. The first-order valence-corrected chi connectivity index (χ1v) is 6.93. The van der Waals surface area contributed by atoms with Crippen molar-refractivity contribution in [3.63, 3.8) is 0 Å². The van der Waals surface area contributed by atoms with E-state index in [0.29, 0.717) is 0 Å². The molecule has 1 aliphatic heterocycles. The molecule has 1 atom stereocenters. The topological polar surface area (TPSA) is 47.1 Å². The third-order valence-corrected chi connectivity index (χ3v) is 3.66. The number of nitrogens with two attached hydrogens (primary N) is 1. The quantitative estimate of drug-likeness (QED) is 0.877. The average Bonchev–Trinajstić information content (AvgIpc) is 2.60. The van der Waals surface area contributed by atoms with Crippen LogP contribution in [0.2, 0.25) is 0 Å². The van der Waals surface area contributed by atoms with E-state index in [0.717, 1.165) is 18.3 Å². The van der Waals surface area contributed by atoms with Crippen LogP contribution in [-0.4, -0.2) is 27.8 Å². The van der Waals surface area contributed by atoms with Crippen LogP contribution in [0.4, 0.5) is 5.82 Å². The van der Waals surface area contributed by atoms with Crippen LogP contribution < -0.4 is 5.73 Å². The summed E-state index contributed by atoms with van der Waals surface area (Å²) in [5.41, 5.74) is 7.34. The molecule has 2 rings (SSSR count). The zero-order valence-corrected chi connectivity index (χ0v) is 12.1. The fourth-order valence-corrected chi connectivity index (χ4v) is 2.72. The minimum atomic E-state index is -0.0441. The van der Waals surface area contributed by atoms with Crippen molar-refractivity contribution in [2.75, 3.05) is 18.8 Å². The van der Waals surface area contributed by atoms with Gasteiger partial charge in [-0.25, -0.2) is 4.68 Å². The lowest BCUT2D eigenvalue weighted by atomic mass is 10.00. The van der Waals surface area contributed by atoms with Gasteiger partial charge in [0.05, 0.1) is 11.7 Å². The number of piperidine rings is 1. The standard InChI is InChI=1S/C14H26N4/c1-11-6-5-7-17(9-11)10-12-8-16-18(13(12)15)14(2,3)4/h8,11H,5-7,9-10,15H2,1-4H3. The number of nitrogen functional groups attached to an aromatic ring is 1. The van der Waals surface area contributed by atoms with Crippen LogP contribution in [0.1, 0.15) is 46.1 Å². The normalized spacial score (nSPS) is 22.3. The second-order valence-electron chi connectivity index (χ2n) is 6.62. The summed E-state index contributed by atoms with van der Waals surface area (Å²) in [5, 5.41) is 4.44. The first kappa shape index (κ1) is 13.4. The van der Waals surface area contributed by atoms with Gasteiger partial charge < -0.3 is 5.73 Å². The fraction of sp³-hybridized carbons (Fsp3) is 0.786. The van der Waals surface area contributed by atoms with E-state index in [-0.39, 0.29) is 5.54 Å². The molecule has 1 aromatic rings. The lowest BCUT2D eigenvalue weighted by molar-refractivity contribution is 0.177. The average molecular weight is 250 g/mol. The molecule has 1 aromatic heterocycles. The summed E-state index contributed by atoms with van der Waals surface area (Å²) in [6, 6.07) is 0. The SMILES string of the molecule is CC1CCCN(Cc2cnn(C(C)(C)C)c2N)C1. The molecule has 0 amide bonds. The maximum Gasteiger partial charge on any atom is 0.126 e. The van der Waals surface area contributed by atoms with Crippen molar-refractivity contribution >= 4 is 5.82 Å². The Bertz CT molecular complexity index is 402. The molecule has 1 saturated heterocycles. The van der Waals surface area contributed by atoms with Crippen molar-refractivity contribution in [1.29, 1.82) is 0 Å². The first-order chi connectivity index (χ1) is 8.38. The van der Waals surface area contributed by atoms with Crippen LogP contribution in [0.25, 0.3) is 0 Å². The summed E-state index contributed by atoms with van der Waals surface area (Å²) < 4.78 is 1.93. The van der Waals surface area contributed by atoms with Crippen LogP contribution >= 0.6 is 0 Å². The molecule has 2 N–H and O–H groups in total. The molecule has 0 bridgehead atoms. The Labute approximate surface area is 110 Å². The van der Waals surface area contributed by atoms with Gasteiger partial charge in [-0.05, 0) is 46.1 Å². The van der Waals surface area contributed by atoms with Crippen LogP contribution in [0.3, 0.4) is 0 Å². The van der Waals surface area contributed by atoms with E-state index in [4.69, 9.17) is 5.73 Å². The number of likely N-dealkylation sites (tertiary alicyclic amines) is 1. The highest BCUT2D eigenvalue weighted by atomic mass is 15.3. The van der Waals surface area contributed by atoms with E-state index in [9.17, 15) is 0 Å². The Balaban J connectivity index is 2.08. The molecule has 0 spiro atoms. The van der Waals surface area contributed by atoms with Crippen LogP contribution in [0, 0.1) is 5.92 Å². The van der Waals surface area contributed by atoms with E-state index < -0.39 is 0 Å². The van der Waals surface area contributed by atoms with Crippen molar-refractivity contribution in [2.24, 2.45) is 5.92 Å². The first-order valence-electron chi connectivity index (χ1n) is 6.93. The molecule has 0 aromatic carbocycles. The molecule has 102 valence electrons. The van der Waals surface area contributed by atoms with E-state index in [1.807, 2.05) is 10.9 Å². The van der Waals surface area contributed by atoms with Crippen LogP contribution in [0.5, 0.6) is 0 Å². The van der Waals surface area contributed by atoms with Gasteiger partial charge in [-0.1, -0.05) is 6.92 Å². The van der Waals surface area contributed by atoms with E-state index >= 15 is 0 Å². The Morgan fingerprint density at radius 3 is 2.72 bits per heavy atom. The molecular weight excluding hydrogens is 224 g/mol. The second kappa shape index (κ2) is 4.92. The van der Waals surface area contributed by atoms with Gasteiger partial charge in [0.1, 0.15) is 5.82 Å². The Morgan fingerprint density at radius 2 is 2.17 bits per heavy atom. The molecule has 4 nitrogen and oxygen atoms in total. The summed E-state index contributed by atoms with van der Waals surface area (Å²) in [6.07, 6.45) is 4.58. The third kappa shape index (κ3) is 2.86. The Kier molecular flexibility index (Phi) is 3.66. The van der Waals surface area contributed by atoms with Gasteiger partial charge in [-0.15, -0.1) is 0 Å². The van der Waals surface area contributed by atoms with E-state index in [1.54, 1.807) is 0 Å². The lowest BCUT2D eigenvalue weighted by Gasteiger charge is -2.30. The molecule has 18 heavy (non-hydrogen) atoms. The third-order valence-electron chi connectivity index (χ3n) is 3.66. The summed E-state index contributed by atoms with van der Waals surface area (Å²) in [6.45, 7) is 12.0. The molecule has 0 saturated carbocycles. The highest BCUT2D eigenvalue weighted by Crippen LogP contribution is 2.24. The van der Waals surface area contributed by atoms with Crippen molar-refractivity contribution in [3.05, 3.63) is 11.8 Å². The molecule has 0 aliphatic carbocycles. The van der Waals surface area contributed by atoms with Gasteiger partial charge in [-0.2, -0.15) is 5.10 Å². The number of aromatic nitrogens is 2. The van der Waals surface area contributed by atoms with Crippen molar-refractivity contribution in [2.45, 2.75) is 52.6 Å². The predicted octanol–water partition coefficient (Wildman–Crippen LogP) is 2.45. The Hall–Kier alpha value is -1.03. The second-order valence-corrected chi connectivity index (χ2v) is 6.62. The highest BCUT2D eigenvalue weighted by Gasteiger charge is 2.22. The monoisotopic (exact) mass is 250 g/mol. The zero-order valence-electron chi connectivity index (χ0n) is 12.1. The van der Waals surface area contributed by atoms with Crippen molar-refractivity contribution in [1.82, 2.24) is 14.7 Å². The van der Waals surface area contributed by atoms with E-state index in [2.05, 4.69) is 37.7 Å². The number of nitrogens with zero attached hydrogens (tertiary/aromatic N) is 3. The number of rotatable bonds is 2. The number of hydrogen-bond acceptors (Lipinski definition) is 3. The summed E-state index contributed by atoms with van der Waals surface area (Å²) in [5.74, 6) is 1.62. The molecule has 1 unspecified atom stereocenters. The summed E-state index contributed by atoms with van der Waals surface area (Å²) in [4.78, 5) is 2.49. The molecule has 1 fully saturated rings. The minimum absolute atomic E-state index is 0.0441. The smallest absolute Gasteiger partial charge is 0.126 e. The van der Waals surface area contributed by atoms with Gasteiger partial charge in [-0.3, -0.25) is 4.90 Å². The van der Waals surface area contributed by atoms with Gasteiger partial charge >= 0.3 is 0 Å². The minimum Gasteiger partial charge on any atom is -0.384 e. The molecule has 2 heterocycles. The lowest BCUT2D eigenvalue weighted by Crippen LogP contribution is -2.34. The summed E-state index contributed by atoms with van der Waals surface area (Å²) >= 11 is 0. The number of hydrogen-bond donors (Lipinski definition) is 1. The molecular formula is C14H26N4. The van der Waals surface area contributed by atoms with Gasteiger partial charge in [0, 0.05) is 18.7 Å². The van der Waals surface area contributed by atoms with Crippen molar-refractivity contribution in [3.8, 4) is 0 Å². The maximum atomic E-state index is 6.22. The molecule has 1 aliphatic rings. The maximum absolute atomic E-state index is 6.22. The van der Waals surface area contributed by atoms with Crippen LogP contribution in [-0.2, 0) is 12.1 Å². The number of anilines is 1. The van der Waals surface area contributed by atoms with E-state index in [1.165, 1.54) is 31.5 Å². The predicted molar refractivity (Wildman–Crippen MR) is 75.3 cm³/mol. The zero-order chi connectivity index (χ0) is 13.3. The molecule has 4 heteroatoms. The van der Waals surface area contributed by atoms with Crippen LogP contribution in [0.15, 0.2) is 6.20 Å². The van der Waals surface area contributed by atoms with Crippen molar-refractivity contribution < 1.29 is 0 Å². The summed E-state index contributed by atoms with van der Waals surface area (Å²) in [7, 11) is 0.